The second-order valence-electron chi connectivity index (χ2n) is 9.13. The molecule has 30 heavy (non-hydrogen) atoms. The highest BCUT2D eigenvalue weighted by Crippen LogP contribution is 2.36. The standard InChI is InChI=1S/C26H31NOS2/c1-7-17(2)18(3)27-24(28)23(30-25(27)29)16-19-8-10-20(11-9-19)21-12-14-22(15-13-21)26(4,5)6/h8-18H,7H2,1-6H3/b23-16-/t17-,18+/m0/s1. The fraction of sp³-hybridized carbons (Fsp3) is 0.385. The summed E-state index contributed by atoms with van der Waals surface area (Å²) in [7, 11) is 0. The average molecular weight is 438 g/mol. The van der Waals surface area contributed by atoms with Gasteiger partial charge < -0.3 is 0 Å². The minimum atomic E-state index is 0.0274. The van der Waals surface area contributed by atoms with Crippen molar-refractivity contribution in [1.29, 1.82) is 0 Å². The predicted octanol–water partition coefficient (Wildman–Crippen LogP) is 7.29. The van der Waals surface area contributed by atoms with Crippen LogP contribution in [-0.2, 0) is 10.2 Å². The van der Waals surface area contributed by atoms with Gasteiger partial charge in [-0.15, -0.1) is 0 Å². The normalized spacial score (nSPS) is 18.2. The molecule has 1 saturated heterocycles. The van der Waals surface area contributed by atoms with E-state index in [1.54, 1.807) is 4.90 Å². The zero-order chi connectivity index (χ0) is 22.1. The number of nitrogens with zero attached hydrogens (tertiary/aromatic N) is 1. The molecule has 0 bridgehead atoms. The molecule has 2 aromatic carbocycles. The van der Waals surface area contributed by atoms with Crippen molar-refractivity contribution < 1.29 is 4.79 Å². The quantitative estimate of drug-likeness (QED) is 0.362. The van der Waals surface area contributed by atoms with E-state index in [-0.39, 0.29) is 17.4 Å². The number of benzene rings is 2. The minimum Gasteiger partial charge on any atom is -0.290 e. The van der Waals surface area contributed by atoms with E-state index in [1.165, 1.54) is 28.5 Å². The Hall–Kier alpha value is -1.91. The zero-order valence-corrected chi connectivity index (χ0v) is 20.4. The van der Waals surface area contributed by atoms with Crippen LogP contribution in [-0.4, -0.2) is 21.2 Å². The maximum atomic E-state index is 12.9. The maximum Gasteiger partial charge on any atom is 0.266 e. The molecule has 158 valence electrons. The van der Waals surface area contributed by atoms with Gasteiger partial charge in [0.1, 0.15) is 4.32 Å². The number of thiocarbonyl (C=S) groups is 1. The third-order valence-corrected chi connectivity index (χ3v) is 7.32. The lowest BCUT2D eigenvalue weighted by Gasteiger charge is -2.27. The highest BCUT2D eigenvalue weighted by Gasteiger charge is 2.36. The molecule has 0 aliphatic carbocycles. The summed E-state index contributed by atoms with van der Waals surface area (Å²) in [5, 5.41) is 0. The van der Waals surface area contributed by atoms with E-state index in [9.17, 15) is 4.79 Å². The van der Waals surface area contributed by atoms with Gasteiger partial charge in [0.2, 0.25) is 0 Å². The average Bonchev–Trinajstić information content (AvgIpc) is 2.99. The highest BCUT2D eigenvalue weighted by atomic mass is 32.2. The van der Waals surface area contributed by atoms with Gasteiger partial charge in [0.25, 0.3) is 5.91 Å². The SMILES string of the molecule is CC[C@H](C)[C@@H](C)N1C(=O)/C(=C/c2ccc(-c3ccc(C(C)(C)C)cc3)cc2)SC1=S. The van der Waals surface area contributed by atoms with E-state index in [4.69, 9.17) is 12.2 Å². The van der Waals surface area contributed by atoms with E-state index in [2.05, 4.69) is 90.1 Å². The second-order valence-corrected chi connectivity index (χ2v) is 10.8. The number of hydrogen-bond acceptors (Lipinski definition) is 3. The Morgan fingerprint density at radius 3 is 2.03 bits per heavy atom. The van der Waals surface area contributed by atoms with Crippen LogP contribution in [0.5, 0.6) is 0 Å². The molecule has 0 aromatic heterocycles. The van der Waals surface area contributed by atoms with Crippen LogP contribution in [0.25, 0.3) is 17.2 Å². The van der Waals surface area contributed by atoms with Gasteiger partial charge in [-0.1, -0.05) is 114 Å². The van der Waals surface area contributed by atoms with Crippen molar-refractivity contribution in [2.24, 2.45) is 5.92 Å². The molecule has 4 heteroatoms. The summed E-state index contributed by atoms with van der Waals surface area (Å²) < 4.78 is 0.662. The molecule has 3 rings (SSSR count). The van der Waals surface area contributed by atoms with Crippen molar-refractivity contribution in [2.45, 2.75) is 59.4 Å². The topological polar surface area (TPSA) is 20.3 Å². The number of carbonyl (C=O) groups is 1. The molecule has 1 heterocycles. The summed E-state index contributed by atoms with van der Waals surface area (Å²) >= 11 is 6.91. The van der Waals surface area contributed by atoms with Gasteiger partial charge in [-0.3, -0.25) is 9.69 Å². The van der Waals surface area contributed by atoms with Crippen molar-refractivity contribution in [3.8, 4) is 11.1 Å². The Labute approximate surface area is 190 Å². The van der Waals surface area contributed by atoms with E-state index >= 15 is 0 Å². The van der Waals surface area contributed by atoms with Gasteiger partial charge in [-0.2, -0.15) is 0 Å². The van der Waals surface area contributed by atoms with Crippen molar-refractivity contribution in [3.63, 3.8) is 0 Å². The van der Waals surface area contributed by atoms with Crippen molar-refractivity contribution in [3.05, 3.63) is 64.6 Å². The van der Waals surface area contributed by atoms with Crippen LogP contribution in [0.15, 0.2) is 53.4 Å². The molecule has 0 unspecified atom stereocenters. The molecule has 2 aromatic rings. The van der Waals surface area contributed by atoms with E-state index in [1.807, 2.05) is 6.08 Å². The number of carbonyl (C=O) groups excluding carboxylic acids is 1. The Morgan fingerprint density at radius 2 is 1.53 bits per heavy atom. The first-order valence-electron chi connectivity index (χ1n) is 10.6. The molecule has 0 radical (unpaired) electrons. The first kappa shape index (κ1) is 22.8. The molecular weight excluding hydrogens is 406 g/mol. The monoisotopic (exact) mass is 437 g/mol. The Morgan fingerprint density at radius 1 is 1.00 bits per heavy atom. The molecular formula is C26H31NOS2. The lowest BCUT2D eigenvalue weighted by Crippen LogP contribution is -2.40. The number of hydrogen-bond donors (Lipinski definition) is 0. The fourth-order valence-corrected chi connectivity index (χ4v) is 4.95. The Bertz CT molecular complexity index is 952. The third-order valence-electron chi connectivity index (χ3n) is 5.99. The van der Waals surface area contributed by atoms with Crippen LogP contribution in [0.3, 0.4) is 0 Å². The van der Waals surface area contributed by atoms with Crippen LogP contribution < -0.4 is 0 Å². The highest BCUT2D eigenvalue weighted by molar-refractivity contribution is 8.26. The summed E-state index contributed by atoms with van der Waals surface area (Å²) in [5.74, 6) is 0.440. The maximum absolute atomic E-state index is 12.9. The Kier molecular flexibility index (Phi) is 6.88. The van der Waals surface area contributed by atoms with Crippen LogP contribution in [0.4, 0.5) is 0 Å². The largest absolute Gasteiger partial charge is 0.290 e. The van der Waals surface area contributed by atoms with E-state index in [0.29, 0.717) is 15.1 Å². The number of rotatable bonds is 5. The third kappa shape index (κ3) is 4.87. The minimum absolute atomic E-state index is 0.0274. The van der Waals surface area contributed by atoms with Crippen molar-refractivity contribution in [1.82, 2.24) is 4.90 Å². The van der Waals surface area contributed by atoms with E-state index < -0.39 is 0 Å². The lowest BCUT2D eigenvalue weighted by atomic mass is 9.86. The van der Waals surface area contributed by atoms with Crippen molar-refractivity contribution >= 4 is 40.3 Å². The number of thioether (sulfide) groups is 1. The molecule has 0 spiro atoms. The molecule has 1 aliphatic rings. The summed E-state index contributed by atoms with van der Waals surface area (Å²) in [5.41, 5.74) is 4.87. The van der Waals surface area contributed by atoms with Gasteiger partial charge >= 0.3 is 0 Å². The number of amides is 1. The summed E-state index contributed by atoms with van der Waals surface area (Å²) in [6, 6.07) is 17.2. The lowest BCUT2D eigenvalue weighted by molar-refractivity contribution is -0.124. The van der Waals surface area contributed by atoms with Crippen LogP contribution in [0.1, 0.15) is 59.1 Å². The zero-order valence-electron chi connectivity index (χ0n) is 18.7. The summed E-state index contributed by atoms with van der Waals surface area (Å²) in [6.45, 7) is 13.1. The predicted molar refractivity (Wildman–Crippen MR) is 135 cm³/mol. The van der Waals surface area contributed by atoms with Crippen molar-refractivity contribution in [2.75, 3.05) is 0 Å². The molecule has 2 atom stereocenters. The smallest absolute Gasteiger partial charge is 0.266 e. The fourth-order valence-electron chi connectivity index (χ4n) is 3.51. The molecule has 1 amide bonds. The molecule has 1 aliphatic heterocycles. The summed E-state index contributed by atoms with van der Waals surface area (Å²) in [6.07, 6.45) is 2.98. The Balaban J connectivity index is 1.78. The van der Waals surface area contributed by atoms with Crippen LogP contribution >= 0.6 is 24.0 Å². The first-order chi connectivity index (χ1) is 14.1. The molecule has 0 N–H and O–H groups in total. The molecule has 1 fully saturated rings. The van der Waals surface area contributed by atoms with Crippen LogP contribution in [0.2, 0.25) is 0 Å². The second kappa shape index (κ2) is 9.07. The van der Waals surface area contributed by atoms with E-state index in [0.717, 1.165) is 12.0 Å². The van der Waals surface area contributed by atoms with Gasteiger partial charge in [0.05, 0.1) is 4.91 Å². The first-order valence-corrected chi connectivity index (χ1v) is 11.8. The van der Waals surface area contributed by atoms with Gasteiger partial charge in [0.15, 0.2) is 0 Å². The van der Waals surface area contributed by atoms with Gasteiger partial charge in [-0.25, -0.2) is 0 Å². The summed E-state index contributed by atoms with van der Waals surface area (Å²) in [4.78, 5) is 15.4. The molecule has 2 nitrogen and oxygen atoms in total. The van der Waals surface area contributed by atoms with Crippen LogP contribution in [0, 0.1) is 5.92 Å². The van der Waals surface area contributed by atoms with Gasteiger partial charge in [0, 0.05) is 6.04 Å². The van der Waals surface area contributed by atoms with Gasteiger partial charge in [-0.05, 0) is 46.6 Å². The molecule has 0 saturated carbocycles.